The fourth-order valence-corrected chi connectivity index (χ4v) is 2.39. The normalized spacial score (nSPS) is 20.9. The molecule has 2 aromatic rings. The van der Waals surface area contributed by atoms with Crippen LogP contribution in [0.3, 0.4) is 0 Å². The third-order valence-electron chi connectivity index (χ3n) is 3.16. The number of aliphatic hydroxyl groups excluding tert-OH is 1. The van der Waals surface area contributed by atoms with Crippen molar-refractivity contribution in [3.8, 4) is 5.75 Å². The van der Waals surface area contributed by atoms with Crippen LogP contribution in [0.5, 0.6) is 5.75 Å². The maximum absolute atomic E-state index is 10.3. The SMILES string of the molecule is O[C@H]1c2ccccc2C=C[C@@H]1Oc1cccc(Cl)c1. The maximum Gasteiger partial charge on any atom is 0.147 e. The molecule has 3 rings (SSSR count). The van der Waals surface area contributed by atoms with Gasteiger partial charge in [-0.2, -0.15) is 0 Å². The van der Waals surface area contributed by atoms with E-state index in [1.807, 2.05) is 48.6 Å². The van der Waals surface area contributed by atoms with E-state index in [0.717, 1.165) is 11.1 Å². The van der Waals surface area contributed by atoms with E-state index < -0.39 is 12.2 Å². The van der Waals surface area contributed by atoms with Gasteiger partial charge in [0.05, 0.1) is 0 Å². The fourth-order valence-electron chi connectivity index (χ4n) is 2.21. The highest BCUT2D eigenvalue weighted by Gasteiger charge is 2.25. The van der Waals surface area contributed by atoms with E-state index in [9.17, 15) is 5.11 Å². The molecule has 0 saturated carbocycles. The second-order valence-corrected chi connectivity index (χ2v) is 4.91. The van der Waals surface area contributed by atoms with Crippen LogP contribution in [0.15, 0.2) is 54.6 Å². The van der Waals surface area contributed by atoms with Crippen molar-refractivity contribution >= 4 is 17.7 Å². The molecular formula is C16H13ClO2. The number of rotatable bonds is 2. The Morgan fingerprint density at radius 1 is 1.05 bits per heavy atom. The molecule has 0 bridgehead atoms. The van der Waals surface area contributed by atoms with E-state index in [-0.39, 0.29) is 0 Å². The number of fused-ring (bicyclic) bond motifs is 1. The van der Waals surface area contributed by atoms with Gasteiger partial charge in [-0.15, -0.1) is 0 Å². The summed E-state index contributed by atoms with van der Waals surface area (Å²) in [5.41, 5.74) is 1.91. The molecule has 1 aliphatic rings. The highest BCUT2D eigenvalue weighted by molar-refractivity contribution is 6.30. The number of ether oxygens (including phenoxy) is 1. The van der Waals surface area contributed by atoms with Gasteiger partial charge in [-0.3, -0.25) is 0 Å². The molecule has 3 heteroatoms. The Labute approximate surface area is 116 Å². The molecule has 0 fully saturated rings. The first-order valence-corrected chi connectivity index (χ1v) is 6.49. The highest BCUT2D eigenvalue weighted by atomic mass is 35.5. The van der Waals surface area contributed by atoms with Gasteiger partial charge in [0.1, 0.15) is 18.0 Å². The summed E-state index contributed by atoms with van der Waals surface area (Å²) in [4.78, 5) is 0. The third kappa shape index (κ3) is 2.50. The zero-order valence-electron chi connectivity index (χ0n) is 10.2. The minimum absolute atomic E-state index is 0.395. The lowest BCUT2D eigenvalue weighted by atomic mass is 9.93. The van der Waals surface area contributed by atoms with Gasteiger partial charge < -0.3 is 9.84 Å². The Morgan fingerprint density at radius 2 is 1.89 bits per heavy atom. The number of aliphatic hydroxyl groups is 1. The van der Waals surface area contributed by atoms with Gasteiger partial charge in [0, 0.05) is 5.02 Å². The summed E-state index contributed by atoms with van der Waals surface area (Å²) in [5, 5.41) is 11.0. The van der Waals surface area contributed by atoms with E-state index in [1.54, 1.807) is 12.1 Å². The summed E-state index contributed by atoms with van der Waals surface area (Å²) in [7, 11) is 0. The average Bonchev–Trinajstić information content (AvgIpc) is 2.42. The molecule has 2 atom stereocenters. The van der Waals surface area contributed by atoms with Crippen LogP contribution in [0.2, 0.25) is 5.02 Å². The Balaban J connectivity index is 1.85. The second kappa shape index (κ2) is 5.08. The summed E-state index contributed by atoms with van der Waals surface area (Å²) >= 11 is 5.92. The standard InChI is InChI=1S/C16H13ClO2/c17-12-5-3-6-13(10-12)19-15-9-8-11-4-1-2-7-14(11)16(15)18/h1-10,15-16,18H/t15-,16-/m0/s1. The first-order chi connectivity index (χ1) is 9.24. The Hall–Kier alpha value is -1.77. The molecule has 1 N–H and O–H groups in total. The lowest BCUT2D eigenvalue weighted by Gasteiger charge is -2.26. The summed E-state index contributed by atoms with van der Waals surface area (Å²) < 4.78 is 5.78. The predicted molar refractivity (Wildman–Crippen MR) is 76.3 cm³/mol. The van der Waals surface area contributed by atoms with Gasteiger partial charge in [-0.05, 0) is 35.4 Å². The van der Waals surface area contributed by atoms with Crippen molar-refractivity contribution in [3.63, 3.8) is 0 Å². The summed E-state index contributed by atoms with van der Waals surface area (Å²) in [6.07, 6.45) is 2.78. The summed E-state index contributed by atoms with van der Waals surface area (Å²) in [6, 6.07) is 14.9. The summed E-state index contributed by atoms with van der Waals surface area (Å²) in [5.74, 6) is 0.653. The van der Waals surface area contributed by atoms with E-state index in [4.69, 9.17) is 16.3 Å². The van der Waals surface area contributed by atoms with E-state index in [2.05, 4.69) is 0 Å². The van der Waals surface area contributed by atoms with E-state index in [0.29, 0.717) is 10.8 Å². The van der Waals surface area contributed by atoms with Crippen LogP contribution in [-0.2, 0) is 0 Å². The molecule has 19 heavy (non-hydrogen) atoms. The van der Waals surface area contributed by atoms with Crippen LogP contribution in [-0.4, -0.2) is 11.2 Å². The largest absolute Gasteiger partial charge is 0.483 e. The van der Waals surface area contributed by atoms with Gasteiger partial charge in [0.15, 0.2) is 0 Å². The fraction of sp³-hybridized carbons (Fsp3) is 0.125. The van der Waals surface area contributed by atoms with Gasteiger partial charge in [0.2, 0.25) is 0 Å². The predicted octanol–water partition coefficient (Wildman–Crippen LogP) is 3.85. The topological polar surface area (TPSA) is 29.5 Å². The molecule has 2 aromatic carbocycles. The minimum atomic E-state index is -0.666. The third-order valence-corrected chi connectivity index (χ3v) is 3.39. The Bertz CT molecular complexity index is 622. The summed E-state index contributed by atoms with van der Waals surface area (Å²) in [6.45, 7) is 0. The average molecular weight is 273 g/mol. The molecule has 0 radical (unpaired) electrons. The van der Waals surface area contributed by atoms with Crippen LogP contribution < -0.4 is 4.74 Å². The van der Waals surface area contributed by atoms with Crippen molar-refractivity contribution in [1.29, 1.82) is 0 Å². The monoisotopic (exact) mass is 272 g/mol. The lowest BCUT2D eigenvalue weighted by Crippen LogP contribution is -2.25. The van der Waals surface area contributed by atoms with Gasteiger partial charge in [0.25, 0.3) is 0 Å². The number of hydrogen-bond donors (Lipinski definition) is 1. The Morgan fingerprint density at radius 3 is 2.74 bits per heavy atom. The number of benzene rings is 2. The number of hydrogen-bond acceptors (Lipinski definition) is 2. The molecule has 0 aliphatic heterocycles. The van der Waals surface area contributed by atoms with Crippen molar-refractivity contribution < 1.29 is 9.84 Å². The maximum atomic E-state index is 10.3. The molecule has 2 nitrogen and oxygen atoms in total. The molecule has 0 saturated heterocycles. The smallest absolute Gasteiger partial charge is 0.147 e. The molecule has 0 unspecified atom stereocenters. The lowest BCUT2D eigenvalue weighted by molar-refractivity contribution is 0.0623. The first-order valence-electron chi connectivity index (χ1n) is 6.11. The molecule has 0 heterocycles. The van der Waals surface area contributed by atoms with Crippen LogP contribution in [0, 0.1) is 0 Å². The van der Waals surface area contributed by atoms with Crippen molar-refractivity contribution in [2.24, 2.45) is 0 Å². The second-order valence-electron chi connectivity index (χ2n) is 4.47. The van der Waals surface area contributed by atoms with Crippen molar-refractivity contribution in [1.82, 2.24) is 0 Å². The molecule has 0 amide bonds. The van der Waals surface area contributed by atoms with Crippen molar-refractivity contribution in [2.45, 2.75) is 12.2 Å². The molecule has 1 aliphatic carbocycles. The zero-order valence-corrected chi connectivity index (χ0v) is 10.9. The van der Waals surface area contributed by atoms with Crippen LogP contribution in [0.25, 0.3) is 6.08 Å². The van der Waals surface area contributed by atoms with Crippen LogP contribution >= 0.6 is 11.6 Å². The van der Waals surface area contributed by atoms with Crippen molar-refractivity contribution in [2.75, 3.05) is 0 Å². The molecular weight excluding hydrogens is 260 g/mol. The van der Waals surface area contributed by atoms with Crippen LogP contribution in [0.1, 0.15) is 17.2 Å². The first kappa shape index (κ1) is 12.3. The Kier molecular flexibility index (Phi) is 3.28. The zero-order chi connectivity index (χ0) is 13.2. The van der Waals surface area contributed by atoms with Crippen molar-refractivity contribution in [3.05, 3.63) is 70.8 Å². The molecule has 0 spiro atoms. The van der Waals surface area contributed by atoms with E-state index >= 15 is 0 Å². The highest BCUT2D eigenvalue weighted by Crippen LogP contribution is 2.31. The van der Waals surface area contributed by atoms with Gasteiger partial charge >= 0.3 is 0 Å². The number of halogens is 1. The molecule has 96 valence electrons. The quantitative estimate of drug-likeness (QED) is 0.900. The van der Waals surface area contributed by atoms with Gasteiger partial charge in [-0.1, -0.05) is 48.0 Å². The minimum Gasteiger partial charge on any atom is -0.483 e. The van der Waals surface area contributed by atoms with Gasteiger partial charge in [-0.25, -0.2) is 0 Å². The van der Waals surface area contributed by atoms with Crippen LogP contribution in [0.4, 0.5) is 0 Å². The van der Waals surface area contributed by atoms with E-state index in [1.165, 1.54) is 0 Å². The molecule has 0 aromatic heterocycles.